The van der Waals surface area contributed by atoms with E-state index in [1.165, 1.54) is 19.2 Å². The Balaban J connectivity index is 3.35. The third-order valence-corrected chi connectivity index (χ3v) is 1.81. The molecule has 74 valence electrons. The molecule has 0 aliphatic carbocycles. The van der Waals surface area contributed by atoms with Gasteiger partial charge in [-0.3, -0.25) is 9.59 Å². The Morgan fingerprint density at radius 1 is 1.36 bits per heavy atom. The summed E-state index contributed by atoms with van der Waals surface area (Å²) in [6.07, 6.45) is 0. The number of hydrogen-bond donors (Lipinski definition) is 3. The van der Waals surface area contributed by atoms with Crippen LogP contribution in [-0.4, -0.2) is 18.9 Å². The smallest absolute Gasteiger partial charge is 0.251 e. The van der Waals surface area contributed by atoms with Crippen molar-refractivity contribution in [2.75, 3.05) is 12.8 Å². The largest absolute Gasteiger partial charge is 0.398 e. The van der Waals surface area contributed by atoms with Gasteiger partial charge in [-0.05, 0) is 12.1 Å². The van der Waals surface area contributed by atoms with Gasteiger partial charge in [0.05, 0.1) is 11.1 Å². The number of anilines is 1. The highest BCUT2D eigenvalue weighted by Crippen LogP contribution is 2.16. The van der Waals surface area contributed by atoms with Crippen LogP contribution in [0.25, 0.3) is 0 Å². The van der Waals surface area contributed by atoms with E-state index in [-0.39, 0.29) is 22.7 Å². The quantitative estimate of drug-likeness (QED) is 0.564. The van der Waals surface area contributed by atoms with Crippen LogP contribution in [0, 0.1) is 0 Å². The van der Waals surface area contributed by atoms with Crippen LogP contribution in [0.3, 0.4) is 0 Å². The van der Waals surface area contributed by atoms with Gasteiger partial charge >= 0.3 is 0 Å². The predicted molar refractivity (Wildman–Crippen MR) is 52.8 cm³/mol. The molecule has 1 rings (SSSR count). The number of nitrogens with two attached hydrogens (primary N) is 2. The maximum Gasteiger partial charge on any atom is 0.251 e. The van der Waals surface area contributed by atoms with E-state index in [2.05, 4.69) is 5.32 Å². The monoisotopic (exact) mass is 193 g/mol. The molecule has 0 saturated carbocycles. The second-order valence-corrected chi connectivity index (χ2v) is 2.71. The van der Waals surface area contributed by atoms with Crippen LogP contribution in [0.15, 0.2) is 18.2 Å². The molecular formula is C9H11N3O2. The summed E-state index contributed by atoms with van der Waals surface area (Å²) in [5, 5.41) is 2.40. The van der Waals surface area contributed by atoms with E-state index in [0.717, 1.165) is 0 Å². The topological polar surface area (TPSA) is 98.2 Å². The molecule has 0 unspecified atom stereocenters. The van der Waals surface area contributed by atoms with Gasteiger partial charge in [0.15, 0.2) is 0 Å². The van der Waals surface area contributed by atoms with Crippen molar-refractivity contribution in [1.82, 2.24) is 5.32 Å². The second kappa shape index (κ2) is 3.78. The minimum atomic E-state index is -0.707. The maximum atomic E-state index is 11.3. The van der Waals surface area contributed by atoms with Crippen molar-refractivity contribution in [3.8, 4) is 0 Å². The standard InChI is InChI=1S/C9H11N3O2/c1-12-9(14)5-3-2-4-6(10)7(5)8(11)13/h2-4H,10H2,1H3,(H2,11,13)(H,12,14). The van der Waals surface area contributed by atoms with E-state index in [9.17, 15) is 9.59 Å². The molecule has 0 heterocycles. The minimum absolute atomic E-state index is 0.0619. The van der Waals surface area contributed by atoms with E-state index >= 15 is 0 Å². The molecule has 0 saturated heterocycles. The summed E-state index contributed by atoms with van der Waals surface area (Å²) in [4.78, 5) is 22.3. The lowest BCUT2D eigenvalue weighted by Gasteiger charge is -2.07. The zero-order chi connectivity index (χ0) is 10.7. The highest BCUT2D eigenvalue weighted by atomic mass is 16.2. The molecule has 14 heavy (non-hydrogen) atoms. The molecule has 0 radical (unpaired) electrons. The lowest BCUT2D eigenvalue weighted by molar-refractivity contribution is 0.0944. The molecule has 2 amide bonds. The molecule has 5 nitrogen and oxygen atoms in total. The van der Waals surface area contributed by atoms with Gasteiger partial charge in [-0.1, -0.05) is 6.07 Å². The van der Waals surface area contributed by atoms with E-state index in [0.29, 0.717) is 0 Å². The second-order valence-electron chi connectivity index (χ2n) is 2.71. The fourth-order valence-electron chi connectivity index (χ4n) is 1.17. The fourth-order valence-corrected chi connectivity index (χ4v) is 1.17. The molecule has 0 aliphatic heterocycles. The summed E-state index contributed by atoms with van der Waals surface area (Å²) >= 11 is 0. The lowest BCUT2D eigenvalue weighted by Crippen LogP contribution is -2.24. The van der Waals surface area contributed by atoms with Crippen molar-refractivity contribution in [3.63, 3.8) is 0 Å². The highest BCUT2D eigenvalue weighted by molar-refractivity contribution is 6.09. The maximum absolute atomic E-state index is 11.3. The zero-order valence-electron chi connectivity index (χ0n) is 7.70. The molecule has 1 aromatic rings. The number of hydrogen-bond acceptors (Lipinski definition) is 3. The Kier molecular flexibility index (Phi) is 2.71. The minimum Gasteiger partial charge on any atom is -0.398 e. The average molecular weight is 193 g/mol. The van der Waals surface area contributed by atoms with Crippen LogP contribution in [0.2, 0.25) is 0 Å². The Labute approximate surface area is 81.1 Å². The van der Waals surface area contributed by atoms with E-state index in [4.69, 9.17) is 11.5 Å². The molecule has 0 aromatic heterocycles. The lowest BCUT2D eigenvalue weighted by atomic mass is 10.0. The van der Waals surface area contributed by atoms with Gasteiger partial charge in [-0.25, -0.2) is 0 Å². The summed E-state index contributed by atoms with van der Waals surface area (Å²) in [5.41, 5.74) is 11.1. The van der Waals surface area contributed by atoms with Crippen LogP contribution >= 0.6 is 0 Å². The van der Waals surface area contributed by atoms with E-state index < -0.39 is 5.91 Å². The van der Waals surface area contributed by atoms with Gasteiger partial charge < -0.3 is 16.8 Å². The van der Waals surface area contributed by atoms with Crippen LogP contribution < -0.4 is 16.8 Å². The number of rotatable bonds is 2. The predicted octanol–water partition coefficient (Wildman–Crippen LogP) is -0.273. The highest BCUT2D eigenvalue weighted by Gasteiger charge is 2.16. The Morgan fingerprint density at radius 2 is 2.00 bits per heavy atom. The molecule has 1 aromatic carbocycles. The first-order valence-corrected chi connectivity index (χ1v) is 3.98. The van der Waals surface area contributed by atoms with Crippen molar-refractivity contribution in [2.45, 2.75) is 0 Å². The van der Waals surface area contributed by atoms with E-state index in [1.54, 1.807) is 6.07 Å². The molecule has 0 fully saturated rings. The number of amides is 2. The number of carbonyl (C=O) groups excluding carboxylic acids is 2. The van der Waals surface area contributed by atoms with Crippen molar-refractivity contribution in [3.05, 3.63) is 29.3 Å². The SMILES string of the molecule is CNC(=O)c1cccc(N)c1C(N)=O. The van der Waals surface area contributed by atoms with Gasteiger partial charge in [-0.15, -0.1) is 0 Å². The van der Waals surface area contributed by atoms with Gasteiger partial charge in [-0.2, -0.15) is 0 Å². The van der Waals surface area contributed by atoms with Gasteiger partial charge in [0.2, 0.25) is 0 Å². The summed E-state index contributed by atoms with van der Waals surface area (Å²) < 4.78 is 0. The van der Waals surface area contributed by atoms with Gasteiger partial charge in [0.25, 0.3) is 11.8 Å². The van der Waals surface area contributed by atoms with Crippen LogP contribution in [0.5, 0.6) is 0 Å². The first-order chi connectivity index (χ1) is 6.57. The number of nitrogen functional groups attached to an aromatic ring is 1. The van der Waals surface area contributed by atoms with Crippen molar-refractivity contribution >= 4 is 17.5 Å². The summed E-state index contributed by atoms with van der Waals surface area (Å²) in [7, 11) is 1.47. The summed E-state index contributed by atoms with van der Waals surface area (Å²) in [6.45, 7) is 0. The van der Waals surface area contributed by atoms with Crippen molar-refractivity contribution in [2.24, 2.45) is 5.73 Å². The number of nitrogens with one attached hydrogen (secondary N) is 1. The Morgan fingerprint density at radius 3 is 2.50 bits per heavy atom. The molecule has 0 aliphatic rings. The summed E-state index contributed by atoms with van der Waals surface area (Å²) in [5.74, 6) is -1.09. The molecular weight excluding hydrogens is 182 g/mol. The zero-order valence-corrected chi connectivity index (χ0v) is 7.70. The van der Waals surface area contributed by atoms with Crippen LogP contribution in [0.1, 0.15) is 20.7 Å². The third-order valence-electron chi connectivity index (χ3n) is 1.81. The first kappa shape index (κ1) is 10.0. The van der Waals surface area contributed by atoms with Crippen molar-refractivity contribution < 1.29 is 9.59 Å². The Bertz CT molecular complexity index is 388. The molecule has 0 bridgehead atoms. The number of primary amides is 1. The average Bonchev–Trinajstić information content (AvgIpc) is 2.15. The summed E-state index contributed by atoms with van der Waals surface area (Å²) in [6, 6.07) is 4.61. The molecule has 5 N–H and O–H groups in total. The van der Waals surface area contributed by atoms with Gasteiger partial charge in [0.1, 0.15) is 0 Å². The third kappa shape index (κ3) is 1.66. The van der Waals surface area contributed by atoms with Crippen LogP contribution in [0.4, 0.5) is 5.69 Å². The van der Waals surface area contributed by atoms with Gasteiger partial charge in [0, 0.05) is 12.7 Å². The number of benzene rings is 1. The van der Waals surface area contributed by atoms with Crippen molar-refractivity contribution in [1.29, 1.82) is 0 Å². The van der Waals surface area contributed by atoms with Crippen LogP contribution in [-0.2, 0) is 0 Å². The molecule has 5 heteroatoms. The molecule has 0 spiro atoms. The van der Waals surface area contributed by atoms with E-state index in [1.807, 2.05) is 0 Å². The normalized spacial score (nSPS) is 9.50. The fraction of sp³-hybridized carbons (Fsp3) is 0.111. The molecule has 0 atom stereocenters. The first-order valence-electron chi connectivity index (χ1n) is 3.98. The Hall–Kier alpha value is -2.04. The number of carbonyl (C=O) groups is 2.